The van der Waals surface area contributed by atoms with Crippen molar-refractivity contribution in [2.45, 2.75) is 6.42 Å². The van der Waals surface area contributed by atoms with Crippen LogP contribution in [-0.4, -0.2) is 61.5 Å². The minimum Gasteiger partial charge on any atom is -0.497 e. The number of H-pyrrole nitrogens is 1. The van der Waals surface area contributed by atoms with E-state index in [0.29, 0.717) is 31.7 Å². The zero-order valence-corrected chi connectivity index (χ0v) is 17.1. The number of hydrogen-bond acceptors (Lipinski definition) is 4. The van der Waals surface area contributed by atoms with Crippen LogP contribution in [-0.2, 0) is 4.79 Å². The van der Waals surface area contributed by atoms with Gasteiger partial charge in [-0.05, 0) is 30.3 Å². The Morgan fingerprint density at radius 3 is 2.53 bits per heavy atom. The van der Waals surface area contributed by atoms with Gasteiger partial charge in [0.1, 0.15) is 11.4 Å². The molecule has 4 rings (SSSR count). The molecule has 3 aromatic rings. The second-order valence-electron chi connectivity index (χ2n) is 7.35. The Morgan fingerprint density at radius 2 is 1.80 bits per heavy atom. The largest absolute Gasteiger partial charge is 0.497 e. The molecular weight excluding hydrogens is 380 g/mol. The lowest BCUT2D eigenvalue weighted by Crippen LogP contribution is -2.49. The first kappa shape index (κ1) is 19.8. The van der Waals surface area contributed by atoms with E-state index in [-0.39, 0.29) is 11.8 Å². The molecule has 0 bridgehead atoms. The van der Waals surface area contributed by atoms with Crippen LogP contribution in [0.5, 0.6) is 5.75 Å². The molecule has 1 fully saturated rings. The van der Waals surface area contributed by atoms with E-state index in [4.69, 9.17) is 4.74 Å². The number of benzene rings is 2. The summed E-state index contributed by atoms with van der Waals surface area (Å²) in [6, 6.07) is 17.6. The lowest BCUT2D eigenvalue weighted by Gasteiger charge is -2.36. The number of nitrogens with zero attached hydrogens (tertiary/aromatic N) is 2. The maximum absolute atomic E-state index is 12.5. The van der Waals surface area contributed by atoms with Gasteiger partial charge in [0.2, 0.25) is 5.91 Å². The van der Waals surface area contributed by atoms with Crippen molar-refractivity contribution in [3.63, 3.8) is 0 Å². The van der Waals surface area contributed by atoms with Gasteiger partial charge in [-0.2, -0.15) is 0 Å². The summed E-state index contributed by atoms with van der Waals surface area (Å²) < 4.78 is 5.21. The molecule has 0 aliphatic carbocycles. The van der Waals surface area contributed by atoms with E-state index in [2.05, 4.69) is 27.3 Å². The Balaban J connectivity index is 1.24. The molecule has 0 spiro atoms. The third-order valence-electron chi connectivity index (χ3n) is 5.45. The molecule has 0 atom stereocenters. The summed E-state index contributed by atoms with van der Waals surface area (Å²) in [5.74, 6) is 0.588. The van der Waals surface area contributed by atoms with Gasteiger partial charge in [-0.15, -0.1) is 0 Å². The third kappa shape index (κ3) is 4.40. The summed E-state index contributed by atoms with van der Waals surface area (Å²) in [6.07, 6.45) is 0.297. The number of nitrogens with one attached hydrogen (secondary N) is 2. The molecule has 2 N–H and O–H groups in total. The predicted octanol–water partition coefficient (Wildman–Crippen LogP) is 2.65. The van der Waals surface area contributed by atoms with Gasteiger partial charge in [-0.25, -0.2) is 0 Å². The highest BCUT2D eigenvalue weighted by Gasteiger charge is 2.21. The Morgan fingerprint density at radius 1 is 1.03 bits per heavy atom. The Labute approximate surface area is 175 Å². The first-order valence-corrected chi connectivity index (χ1v) is 10.2. The van der Waals surface area contributed by atoms with Crippen molar-refractivity contribution < 1.29 is 14.3 Å². The number of carbonyl (C=O) groups excluding carboxylic acids is 2. The summed E-state index contributed by atoms with van der Waals surface area (Å²) in [6.45, 7) is 3.35. The molecule has 1 aromatic heterocycles. The highest BCUT2D eigenvalue weighted by molar-refractivity contribution is 5.98. The van der Waals surface area contributed by atoms with Crippen LogP contribution in [0.4, 0.5) is 5.69 Å². The number of para-hydroxylation sites is 1. The lowest BCUT2D eigenvalue weighted by molar-refractivity contribution is -0.131. The van der Waals surface area contributed by atoms with Crippen LogP contribution >= 0.6 is 0 Å². The van der Waals surface area contributed by atoms with Crippen LogP contribution in [0.15, 0.2) is 54.6 Å². The number of amides is 2. The van der Waals surface area contributed by atoms with E-state index >= 15 is 0 Å². The second-order valence-corrected chi connectivity index (χ2v) is 7.35. The van der Waals surface area contributed by atoms with Crippen LogP contribution in [0.1, 0.15) is 16.9 Å². The highest BCUT2D eigenvalue weighted by atomic mass is 16.5. The monoisotopic (exact) mass is 406 g/mol. The van der Waals surface area contributed by atoms with E-state index in [0.717, 1.165) is 29.7 Å². The first-order chi connectivity index (χ1) is 14.6. The summed E-state index contributed by atoms with van der Waals surface area (Å²) in [4.78, 5) is 32.2. The van der Waals surface area contributed by atoms with E-state index in [1.54, 1.807) is 13.2 Å². The van der Waals surface area contributed by atoms with Gasteiger partial charge in [-0.1, -0.05) is 18.2 Å². The summed E-state index contributed by atoms with van der Waals surface area (Å²) in [5.41, 5.74) is 2.50. The molecule has 156 valence electrons. The number of anilines is 1. The van der Waals surface area contributed by atoms with Crippen LogP contribution in [0.3, 0.4) is 0 Å². The van der Waals surface area contributed by atoms with Crippen LogP contribution in [0, 0.1) is 0 Å². The van der Waals surface area contributed by atoms with Gasteiger partial charge in [-0.3, -0.25) is 9.59 Å². The van der Waals surface area contributed by atoms with Crippen molar-refractivity contribution in [3.8, 4) is 5.75 Å². The zero-order chi connectivity index (χ0) is 20.9. The maximum Gasteiger partial charge on any atom is 0.267 e. The normalized spacial score (nSPS) is 14.0. The molecule has 2 heterocycles. The van der Waals surface area contributed by atoms with E-state index in [1.807, 2.05) is 41.3 Å². The molecule has 1 aliphatic heterocycles. The summed E-state index contributed by atoms with van der Waals surface area (Å²) in [5, 5.41) is 3.77. The van der Waals surface area contributed by atoms with Gasteiger partial charge < -0.3 is 24.8 Å². The molecule has 1 saturated heterocycles. The van der Waals surface area contributed by atoms with Gasteiger partial charge in [0, 0.05) is 61.8 Å². The van der Waals surface area contributed by atoms with Crippen molar-refractivity contribution in [1.29, 1.82) is 0 Å². The third-order valence-corrected chi connectivity index (χ3v) is 5.45. The van der Waals surface area contributed by atoms with Crippen molar-refractivity contribution in [2.24, 2.45) is 0 Å². The molecule has 2 amide bonds. The van der Waals surface area contributed by atoms with Crippen molar-refractivity contribution in [3.05, 3.63) is 60.3 Å². The van der Waals surface area contributed by atoms with Gasteiger partial charge in [0.05, 0.1) is 7.11 Å². The number of aromatic amines is 1. The standard InChI is InChI=1S/C23H26N4O3/c1-30-19-8-7-17-15-21(25-20(17)16-19)23(29)24-10-9-22(28)27-13-11-26(12-14-27)18-5-3-2-4-6-18/h2-8,15-16,25H,9-14H2,1H3,(H,24,29). The van der Waals surface area contributed by atoms with Crippen LogP contribution in [0.25, 0.3) is 10.9 Å². The number of piperazine rings is 1. The highest BCUT2D eigenvalue weighted by Crippen LogP contribution is 2.21. The Hall–Kier alpha value is -3.48. The van der Waals surface area contributed by atoms with Crippen molar-refractivity contribution in [1.82, 2.24) is 15.2 Å². The fourth-order valence-corrected chi connectivity index (χ4v) is 3.74. The predicted molar refractivity (Wildman–Crippen MR) is 117 cm³/mol. The van der Waals surface area contributed by atoms with E-state index < -0.39 is 0 Å². The number of carbonyl (C=O) groups is 2. The van der Waals surface area contributed by atoms with Crippen LogP contribution in [0.2, 0.25) is 0 Å². The van der Waals surface area contributed by atoms with E-state index in [9.17, 15) is 9.59 Å². The maximum atomic E-state index is 12.5. The van der Waals surface area contributed by atoms with Crippen molar-refractivity contribution >= 4 is 28.4 Å². The quantitative estimate of drug-likeness (QED) is 0.660. The SMILES string of the molecule is COc1ccc2cc(C(=O)NCCC(=O)N3CCN(c4ccccc4)CC3)[nH]c2c1. The molecule has 0 unspecified atom stereocenters. The smallest absolute Gasteiger partial charge is 0.267 e. The fraction of sp³-hybridized carbons (Fsp3) is 0.304. The number of methoxy groups -OCH3 is 1. The lowest BCUT2D eigenvalue weighted by atomic mass is 10.2. The average Bonchev–Trinajstić information content (AvgIpc) is 3.23. The van der Waals surface area contributed by atoms with Gasteiger partial charge >= 0.3 is 0 Å². The molecule has 2 aromatic carbocycles. The fourth-order valence-electron chi connectivity index (χ4n) is 3.74. The summed E-state index contributed by atoms with van der Waals surface area (Å²) >= 11 is 0. The topological polar surface area (TPSA) is 77.7 Å². The molecule has 30 heavy (non-hydrogen) atoms. The number of rotatable bonds is 6. The molecule has 0 saturated carbocycles. The van der Waals surface area contributed by atoms with Crippen LogP contribution < -0.4 is 15.0 Å². The number of ether oxygens (including phenoxy) is 1. The zero-order valence-electron chi connectivity index (χ0n) is 17.1. The summed E-state index contributed by atoms with van der Waals surface area (Å²) in [7, 11) is 1.61. The molecule has 0 radical (unpaired) electrons. The number of hydrogen-bond donors (Lipinski definition) is 2. The first-order valence-electron chi connectivity index (χ1n) is 10.2. The van der Waals surface area contributed by atoms with E-state index in [1.165, 1.54) is 5.69 Å². The molecule has 7 heteroatoms. The molecular formula is C23H26N4O3. The Kier molecular flexibility index (Phi) is 5.88. The van der Waals surface area contributed by atoms with Gasteiger partial charge in [0.25, 0.3) is 5.91 Å². The van der Waals surface area contributed by atoms with Gasteiger partial charge in [0.15, 0.2) is 0 Å². The Bertz CT molecular complexity index is 1020. The second kappa shape index (κ2) is 8.90. The minimum absolute atomic E-state index is 0.0735. The molecule has 1 aliphatic rings. The molecule has 7 nitrogen and oxygen atoms in total. The number of fused-ring (bicyclic) bond motifs is 1. The minimum atomic E-state index is -0.216. The van der Waals surface area contributed by atoms with Crippen molar-refractivity contribution in [2.75, 3.05) is 44.7 Å². The number of aromatic nitrogens is 1. The average molecular weight is 406 g/mol.